The molecule has 1 heterocycles. The van der Waals surface area contributed by atoms with Gasteiger partial charge >= 0.3 is 0 Å². The van der Waals surface area contributed by atoms with Gasteiger partial charge in [0, 0.05) is 11.0 Å². The lowest BCUT2D eigenvalue weighted by Crippen LogP contribution is -2.29. The van der Waals surface area contributed by atoms with Crippen LogP contribution in [0.3, 0.4) is 0 Å². The highest BCUT2D eigenvalue weighted by molar-refractivity contribution is 9.10. The molecule has 0 aromatic heterocycles. The number of rotatable bonds is 3. The number of hydrogen-bond donors (Lipinski definition) is 1. The molecule has 1 aliphatic heterocycles. The summed E-state index contributed by atoms with van der Waals surface area (Å²) in [6.45, 7) is 0.746. The lowest BCUT2D eigenvalue weighted by atomic mass is 10.1. The van der Waals surface area contributed by atoms with Crippen LogP contribution < -0.4 is 5.73 Å². The lowest BCUT2D eigenvalue weighted by molar-refractivity contribution is 0.0642. The van der Waals surface area contributed by atoms with E-state index in [0.29, 0.717) is 17.7 Å². The Morgan fingerprint density at radius 3 is 2.19 bits per heavy atom. The minimum absolute atomic E-state index is 0.245. The number of nitrogens with two attached hydrogens (primary N) is 1. The Bertz CT molecular complexity index is 726. The average molecular weight is 345 g/mol. The molecule has 21 heavy (non-hydrogen) atoms. The number of carbonyl (C=O) groups excluding carboxylic acids is 2. The number of amides is 2. The summed E-state index contributed by atoms with van der Waals surface area (Å²) in [5, 5.41) is 0. The van der Waals surface area contributed by atoms with Crippen molar-refractivity contribution in [2.75, 3.05) is 0 Å². The maximum Gasteiger partial charge on any atom is 0.261 e. The number of hydrogen-bond acceptors (Lipinski definition) is 3. The topological polar surface area (TPSA) is 63.4 Å². The molecule has 0 saturated carbocycles. The Labute approximate surface area is 130 Å². The molecule has 0 fully saturated rings. The number of nitrogens with zero attached hydrogens (tertiary/aromatic N) is 1. The van der Waals surface area contributed by atoms with Crippen LogP contribution in [0.2, 0.25) is 0 Å². The van der Waals surface area contributed by atoms with E-state index in [9.17, 15) is 9.59 Å². The summed E-state index contributed by atoms with van der Waals surface area (Å²) < 4.78 is 0.788. The van der Waals surface area contributed by atoms with Crippen LogP contribution in [0, 0.1) is 0 Å². The van der Waals surface area contributed by atoms with Crippen LogP contribution in [0.5, 0.6) is 0 Å². The van der Waals surface area contributed by atoms with Crippen LogP contribution in [0.25, 0.3) is 0 Å². The van der Waals surface area contributed by atoms with Gasteiger partial charge < -0.3 is 5.73 Å². The monoisotopic (exact) mass is 344 g/mol. The second-order valence-corrected chi connectivity index (χ2v) is 5.82. The molecule has 4 nitrogen and oxygen atoms in total. The minimum Gasteiger partial charge on any atom is -0.326 e. The SMILES string of the molecule is NCc1ccc(CN2C(=O)c3ccc(Br)cc3C2=O)cc1. The van der Waals surface area contributed by atoms with Gasteiger partial charge in [-0.1, -0.05) is 40.2 Å². The zero-order valence-corrected chi connectivity index (χ0v) is 12.8. The fourth-order valence-electron chi connectivity index (χ4n) is 2.37. The van der Waals surface area contributed by atoms with Gasteiger partial charge in [-0.3, -0.25) is 14.5 Å². The van der Waals surface area contributed by atoms with Gasteiger partial charge in [0.15, 0.2) is 0 Å². The molecule has 2 aromatic rings. The largest absolute Gasteiger partial charge is 0.326 e. The van der Waals surface area contributed by atoms with E-state index in [1.54, 1.807) is 18.2 Å². The van der Waals surface area contributed by atoms with E-state index in [1.165, 1.54) is 4.90 Å². The summed E-state index contributed by atoms with van der Waals surface area (Å²) in [6.07, 6.45) is 0. The normalized spacial score (nSPS) is 13.7. The fraction of sp³-hybridized carbons (Fsp3) is 0.125. The molecule has 2 amide bonds. The van der Waals surface area contributed by atoms with Crippen molar-refractivity contribution in [3.8, 4) is 0 Å². The summed E-state index contributed by atoms with van der Waals surface area (Å²) in [7, 11) is 0. The molecule has 0 atom stereocenters. The zero-order chi connectivity index (χ0) is 15.0. The van der Waals surface area contributed by atoms with Gasteiger partial charge in [-0.2, -0.15) is 0 Å². The van der Waals surface area contributed by atoms with Crippen molar-refractivity contribution >= 4 is 27.7 Å². The van der Waals surface area contributed by atoms with E-state index in [2.05, 4.69) is 15.9 Å². The quantitative estimate of drug-likeness (QED) is 0.870. The number of halogens is 1. The molecule has 3 rings (SSSR count). The highest BCUT2D eigenvalue weighted by Crippen LogP contribution is 2.27. The van der Waals surface area contributed by atoms with E-state index in [0.717, 1.165) is 15.6 Å². The molecule has 0 saturated heterocycles. The van der Waals surface area contributed by atoms with Gasteiger partial charge in [0.05, 0.1) is 17.7 Å². The average Bonchev–Trinajstić information content (AvgIpc) is 2.73. The van der Waals surface area contributed by atoms with Crippen molar-refractivity contribution in [1.29, 1.82) is 0 Å². The summed E-state index contributed by atoms with van der Waals surface area (Å²) >= 11 is 3.32. The fourth-order valence-corrected chi connectivity index (χ4v) is 2.73. The third-order valence-corrected chi connectivity index (χ3v) is 4.03. The van der Waals surface area contributed by atoms with Crippen LogP contribution in [-0.4, -0.2) is 16.7 Å². The molecule has 0 radical (unpaired) electrons. The van der Waals surface area contributed by atoms with Gasteiger partial charge in [0.25, 0.3) is 11.8 Å². The Morgan fingerprint density at radius 2 is 1.52 bits per heavy atom. The summed E-state index contributed by atoms with van der Waals surface area (Å²) in [5.41, 5.74) is 8.39. The number of fused-ring (bicyclic) bond motifs is 1. The molecule has 0 unspecified atom stereocenters. The lowest BCUT2D eigenvalue weighted by Gasteiger charge is -2.14. The molecule has 0 bridgehead atoms. The predicted molar refractivity (Wildman–Crippen MR) is 82.7 cm³/mol. The molecular formula is C16H13BrN2O2. The van der Waals surface area contributed by atoms with Crippen LogP contribution in [0.4, 0.5) is 0 Å². The number of imide groups is 1. The Morgan fingerprint density at radius 1 is 0.905 bits per heavy atom. The van der Waals surface area contributed by atoms with Crippen LogP contribution in [0.15, 0.2) is 46.9 Å². The number of benzene rings is 2. The highest BCUT2D eigenvalue weighted by Gasteiger charge is 2.35. The molecule has 1 aliphatic rings. The van der Waals surface area contributed by atoms with E-state index >= 15 is 0 Å². The number of carbonyl (C=O) groups is 2. The third-order valence-electron chi connectivity index (χ3n) is 3.53. The molecule has 2 N–H and O–H groups in total. The van der Waals surface area contributed by atoms with Gasteiger partial charge in [0.2, 0.25) is 0 Å². The highest BCUT2D eigenvalue weighted by atomic mass is 79.9. The molecule has 2 aromatic carbocycles. The van der Waals surface area contributed by atoms with Gasteiger partial charge in [0.1, 0.15) is 0 Å². The van der Waals surface area contributed by atoms with Crippen molar-refractivity contribution in [1.82, 2.24) is 4.90 Å². The molecule has 5 heteroatoms. The van der Waals surface area contributed by atoms with Crippen molar-refractivity contribution < 1.29 is 9.59 Å². The first-order chi connectivity index (χ1) is 10.1. The van der Waals surface area contributed by atoms with E-state index in [4.69, 9.17) is 5.73 Å². The Hall–Kier alpha value is -1.98. The summed E-state index contributed by atoms with van der Waals surface area (Å²) in [5.74, 6) is -0.496. The molecule has 0 aliphatic carbocycles. The van der Waals surface area contributed by atoms with E-state index in [1.807, 2.05) is 24.3 Å². The van der Waals surface area contributed by atoms with Crippen LogP contribution in [-0.2, 0) is 13.1 Å². The zero-order valence-electron chi connectivity index (χ0n) is 11.2. The second kappa shape index (κ2) is 5.42. The van der Waals surface area contributed by atoms with Crippen LogP contribution >= 0.6 is 15.9 Å². The maximum atomic E-state index is 12.4. The van der Waals surface area contributed by atoms with Gasteiger partial charge in [-0.15, -0.1) is 0 Å². The van der Waals surface area contributed by atoms with Crippen LogP contribution in [0.1, 0.15) is 31.8 Å². The Balaban J connectivity index is 1.87. The van der Waals surface area contributed by atoms with Crippen molar-refractivity contribution in [2.24, 2.45) is 5.73 Å². The second-order valence-electron chi connectivity index (χ2n) is 4.91. The minimum atomic E-state index is -0.251. The molecule has 106 valence electrons. The van der Waals surface area contributed by atoms with Crippen molar-refractivity contribution in [3.05, 3.63) is 69.2 Å². The third kappa shape index (κ3) is 2.50. The Kier molecular flexibility index (Phi) is 3.61. The van der Waals surface area contributed by atoms with E-state index in [-0.39, 0.29) is 18.4 Å². The summed E-state index contributed by atoms with van der Waals surface area (Å²) in [6, 6.07) is 12.7. The first-order valence-corrected chi connectivity index (χ1v) is 7.33. The first-order valence-electron chi connectivity index (χ1n) is 6.54. The summed E-state index contributed by atoms with van der Waals surface area (Å²) in [4.78, 5) is 25.9. The van der Waals surface area contributed by atoms with E-state index < -0.39 is 0 Å². The predicted octanol–water partition coefficient (Wildman–Crippen LogP) is 2.70. The van der Waals surface area contributed by atoms with Crippen molar-refractivity contribution in [2.45, 2.75) is 13.1 Å². The van der Waals surface area contributed by atoms with Gasteiger partial charge in [-0.25, -0.2) is 0 Å². The first kappa shape index (κ1) is 14.0. The molecule has 0 spiro atoms. The molecular weight excluding hydrogens is 332 g/mol. The van der Waals surface area contributed by atoms with Crippen molar-refractivity contribution in [3.63, 3.8) is 0 Å². The maximum absolute atomic E-state index is 12.4. The standard InChI is InChI=1S/C16H13BrN2O2/c17-12-5-6-13-14(7-12)16(21)19(15(13)20)9-11-3-1-10(8-18)2-4-11/h1-7H,8-9,18H2. The van der Waals surface area contributed by atoms with Gasteiger partial charge in [-0.05, 0) is 29.3 Å². The smallest absolute Gasteiger partial charge is 0.261 e.